The van der Waals surface area contributed by atoms with Crippen LogP contribution in [0, 0.1) is 0 Å². The van der Waals surface area contributed by atoms with E-state index < -0.39 is 23.9 Å². The molecule has 1 aliphatic rings. The van der Waals surface area contributed by atoms with Gasteiger partial charge in [0.05, 0.1) is 6.61 Å². The zero-order chi connectivity index (χ0) is 7.72. The van der Waals surface area contributed by atoms with Gasteiger partial charge in [-0.2, -0.15) is 0 Å². The summed E-state index contributed by atoms with van der Waals surface area (Å²) in [6.07, 6.45) is -2.93. The highest BCUT2D eigenvalue weighted by molar-refractivity contribution is 6.20. The van der Waals surface area contributed by atoms with Crippen LogP contribution in [-0.2, 0) is 4.74 Å². The van der Waals surface area contributed by atoms with Crippen LogP contribution in [0.15, 0.2) is 0 Å². The Morgan fingerprint density at radius 3 is 2.10 bits per heavy atom. The van der Waals surface area contributed by atoms with E-state index in [2.05, 4.69) is 0 Å². The van der Waals surface area contributed by atoms with Crippen LogP contribution in [0.2, 0.25) is 0 Å². The lowest BCUT2D eigenvalue weighted by molar-refractivity contribution is -0.00869. The third-order valence-corrected chi connectivity index (χ3v) is 1.85. The SMILES string of the molecule is OC[C@H]1O[C@H](Cl)[C@@H](O)[C@H]1O. The average Bonchev–Trinajstić information content (AvgIpc) is 2.17. The van der Waals surface area contributed by atoms with Crippen molar-refractivity contribution in [2.24, 2.45) is 0 Å². The van der Waals surface area contributed by atoms with Gasteiger partial charge in [-0.05, 0) is 0 Å². The van der Waals surface area contributed by atoms with Gasteiger partial charge in [-0.1, -0.05) is 11.6 Å². The van der Waals surface area contributed by atoms with Crippen LogP contribution in [0.3, 0.4) is 0 Å². The molecule has 3 N–H and O–H groups in total. The molecule has 0 aromatic carbocycles. The molecule has 0 amide bonds. The second-order valence-corrected chi connectivity index (χ2v) is 2.62. The first kappa shape index (κ1) is 8.23. The fraction of sp³-hybridized carbons (Fsp3) is 1.00. The van der Waals surface area contributed by atoms with Crippen molar-refractivity contribution in [3.05, 3.63) is 0 Å². The average molecular weight is 169 g/mol. The fourth-order valence-corrected chi connectivity index (χ4v) is 1.14. The molecule has 0 saturated carbocycles. The van der Waals surface area contributed by atoms with Crippen LogP contribution in [-0.4, -0.2) is 45.8 Å². The molecule has 0 spiro atoms. The van der Waals surface area contributed by atoms with Crippen LogP contribution in [0.25, 0.3) is 0 Å². The van der Waals surface area contributed by atoms with Crippen molar-refractivity contribution in [3.8, 4) is 0 Å². The maximum absolute atomic E-state index is 9.01. The number of aliphatic hydroxyl groups is 3. The highest BCUT2D eigenvalue weighted by Gasteiger charge is 2.40. The van der Waals surface area contributed by atoms with Crippen LogP contribution in [0.4, 0.5) is 0 Å². The Labute approximate surface area is 63.0 Å². The molecule has 0 aromatic heterocycles. The maximum atomic E-state index is 9.01. The van der Waals surface area contributed by atoms with E-state index in [9.17, 15) is 0 Å². The minimum absolute atomic E-state index is 0.332. The first-order valence-corrected chi connectivity index (χ1v) is 3.37. The predicted molar refractivity (Wildman–Crippen MR) is 33.6 cm³/mol. The predicted octanol–water partition coefficient (Wildman–Crippen LogP) is -1.34. The van der Waals surface area contributed by atoms with Gasteiger partial charge in [0.15, 0.2) is 5.56 Å². The lowest BCUT2D eigenvalue weighted by Gasteiger charge is -2.09. The maximum Gasteiger partial charge on any atom is 0.160 e. The highest BCUT2D eigenvalue weighted by Crippen LogP contribution is 2.23. The number of rotatable bonds is 1. The smallest absolute Gasteiger partial charge is 0.160 e. The van der Waals surface area contributed by atoms with Crippen molar-refractivity contribution < 1.29 is 20.1 Å². The molecule has 0 aliphatic carbocycles. The van der Waals surface area contributed by atoms with Gasteiger partial charge in [-0.25, -0.2) is 0 Å². The zero-order valence-electron chi connectivity index (χ0n) is 5.14. The molecule has 0 aromatic rings. The summed E-state index contributed by atoms with van der Waals surface area (Å²) in [7, 11) is 0. The molecule has 1 fully saturated rings. The first-order chi connectivity index (χ1) is 4.66. The molecule has 10 heavy (non-hydrogen) atoms. The van der Waals surface area contributed by atoms with Crippen LogP contribution < -0.4 is 0 Å². The number of halogens is 1. The van der Waals surface area contributed by atoms with Gasteiger partial charge < -0.3 is 20.1 Å². The van der Waals surface area contributed by atoms with E-state index in [1.807, 2.05) is 0 Å². The topological polar surface area (TPSA) is 69.9 Å². The summed E-state index contributed by atoms with van der Waals surface area (Å²) in [6.45, 7) is -0.332. The number of hydrogen-bond donors (Lipinski definition) is 3. The molecular formula is C5H9ClO4. The number of aliphatic hydroxyl groups excluding tert-OH is 3. The van der Waals surface area contributed by atoms with Gasteiger partial charge in [-0.3, -0.25) is 0 Å². The van der Waals surface area contributed by atoms with E-state index in [1.165, 1.54) is 0 Å². The fourth-order valence-electron chi connectivity index (χ4n) is 0.854. The third-order valence-electron chi connectivity index (χ3n) is 1.48. The van der Waals surface area contributed by atoms with E-state index in [1.54, 1.807) is 0 Å². The standard InChI is InChI=1S/C5H9ClO4/c6-5-4(9)3(8)2(1-7)10-5/h2-5,7-9H,1H2/t2-,3+,4+,5+/m1/s1. The second-order valence-electron chi connectivity index (χ2n) is 2.19. The molecule has 5 heteroatoms. The molecule has 0 radical (unpaired) electrons. The molecule has 0 bridgehead atoms. The zero-order valence-corrected chi connectivity index (χ0v) is 5.90. The summed E-state index contributed by atoms with van der Waals surface area (Å²) < 4.78 is 4.75. The Balaban J connectivity index is 2.53. The van der Waals surface area contributed by atoms with E-state index >= 15 is 0 Å². The van der Waals surface area contributed by atoms with Gasteiger partial charge in [0.25, 0.3) is 0 Å². The lowest BCUT2D eigenvalue weighted by Crippen LogP contribution is -2.32. The monoisotopic (exact) mass is 168 g/mol. The second kappa shape index (κ2) is 3.02. The summed E-state index contributed by atoms with van der Waals surface area (Å²) >= 11 is 5.39. The molecule has 4 nitrogen and oxygen atoms in total. The van der Waals surface area contributed by atoms with Gasteiger partial charge in [-0.15, -0.1) is 0 Å². The number of hydrogen-bond acceptors (Lipinski definition) is 4. The third kappa shape index (κ3) is 1.26. The lowest BCUT2D eigenvalue weighted by atomic mass is 10.2. The molecule has 1 heterocycles. The summed E-state index contributed by atoms with van der Waals surface area (Å²) in [5.41, 5.74) is -0.910. The van der Waals surface area contributed by atoms with Crippen molar-refractivity contribution in [3.63, 3.8) is 0 Å². The largest absolute Gasteiger partial charge is 0.394 e. The minimum Gasteiger partial charge on any atom is -0.394 e. The number of ether oxygens (including phenoxy) is 1. The van der Waals surface area contributed by atoms with Crippen LogP contribution in [0.1, 0.15) is 0 Å². The molecule has 1 saturated heterocycles. The van der Waals surface area contributed by atoms with Crippen molar-refractivity contribution >= 4 is 11.6 Å². The van der Waals surface area contributed by atoms with E-state index in [0.717, 1.165) is 0 Å². The van der Waals surface area contributed by atoms with Crippen molar-refractivity contribution in [2.75, 3.05) is 6.61 Å². The molecule has 60 valence electrons. The van der Waals surface area contributed by atoms with Gasteiger partial charge in [0.2, 0.25) is 0 Å². The van der Waals surface area contributed by atoms with Gasteiger partial charge in [0, 0.05) is 0 Å². The summed E-state index contributed by atoms with van der Waals surface area (Å²) in [6, 6.07) is 0. The summed E-state index contributed by atoms with van der Waals surface area (Å²) in [5, 5.41) is 26.5. The summed E-state index contributed by atoms with van der Waals surface area (Å²) in [4.78, 5) is 0. The van der Waals surface area contributed by atoms with E-state index in [4.69, 9.17) is 31.7 Å². The highest BCUT2D eigenvalue weighted by atomic mass is 35.5. The van der Waals surface area contributed by atoms with E-state index in [0.29, 0.717) is 0 Å². The van der Waals surface area contributed by atoms with Crippen LogP contribution >= 0.6 is 11.6 Å². The summed E-state index contributed by atoms with van der Waals surface area (Å²) in [5.74, 6) is 0. The minimum atomic E-state index is -1.10. The Hall–Kier alpha value is 0.130. The van der Waals surface area contributed by atoms with E-state index in [-0.39, 0.29) is 6.61 Å². The Morgan fingerprint density at radius 1 is 1.30 bits per heavy atom. The Morgan fingerprint density at radius 2 is 1.90 bits per heavy atom. The Kier molecular flexibility index (Phi) is 2.49. The van der Waals surface area contributed by atoms with Gasteiger partial charge in [0.1, 0.15) is 18.3 Å². The van der Waals surface area contributed by atoms with Crippen molar-refractivity contribution in [1.82, 2.24) is 0 Å². The van der Waals surface area contributed by atoms with Crippen molar-refractivity contribution in [1.29, 1.82) is 0 Å². The molecular weight excluding hydrogens is 160 g/mol. The van der Waals surface area contributed by atoms with Gasteiger partial charge >= 0.3 is 0 Å². The van der Waals surface area contributed by atoms with Crippen molar-refractivity contribution in [2.45, 2.75) is 23.9 Å². The normalized spacial score (nSPS) is 48.0. The molecule has 1 rings (SSSR count). The molecule has 4 atom stereocenters. The van der Waals surface area contributed by atoms with Crippen LogP contribution in [0.5, 0.6) is 0 Å². The molecule has 1 aliphatic heterocycles. The number of alkyl halides is 1. The quantitative estimate of drug-likeness (QED) is 0.424. The molecule has 0 unspecified atom stereocenters. The Bertz CT molecular complexity index is 120. The first-order valence-electron chi connectivity index (χ1n) is 2.93.